The first-order valence-corrected chi connectivity index (χ1v) is 9.68. The van der Waals surface area contributed by atoms with E-state index in [-0.39, 0.29) is 11.4 Å². The molecule has 0 amide bonds. The van der Waals surface area contributed by atoms with Crippen molar-refractivity contribution in [3.05, 3.63) is 80.9 Å². The number of aromatic nitrogens is 1. The van der Waals surface area contributed by atoms with Crippen molar-refractivity contribution in [1.29, 1.82) is 0 Å². The van der Waals surface area contributed by atoms with Gasteiger partial charge < -0.3 is 15.2 Å². The first-order chi connectivity index (χ1) is 13.4. The number of thiocarbonyl (C=S) groups is 1. The fourth-order valence-electron chi connectivity index (χ4n) is 3.31. The molecule has 3 rings (SSSR count). The number of nitrogens with one attached hydrogen (secondary N) is 2. The molecule has 0 fully saturated rings. The fraction of sp³-hybridized carbons (Fsp3) is 0.273. The molecule has 0 bridgehead atoms. The summed E-state index contributed by atoms with van der Waals surface area (Å²) in [4.78, 5) is 17.6. The molecule has 28 heavy (non-hydrogen) atoms. The third kappa shape index (κ3) is 4.57. The number of halogens is 1. The van der Waals surface area contributed by atoms with Crippen LogP contribution in [0.3, 0.4) is 0 Å². The Bertz CT molecular complexity index is 1060. The van der Waals surface area contributed by atoms with Crippen LogP contribution in [0.5, 0.6) is 0 Å². The van der Waals surface area contributed by atoms with Crippen molar-refractivity contribution in [2.24, 2.45) is 0 Å². The molecule has 0 radical (unpaired) electrons. The molecule has 0 aliphatic rings. The molecule has 1 heterocycles. The maximum Gasteiger partial charge on any atom is 0.253 e. The second-order valence-electron chi connectivity index (χ2n) is 6.98. The highest BCUT2D eigenvalue weighted by Gasteiger charge is 2.14. The minimum absolute atomic E-state index is 0.124. The van der Waals surface area contributed by atoms with Crippen molar-refractivity contribution in [3.8, 4) is 0 Å². The van der Waals surface area contributed by atoms with E-state index in [1.54, 1.807) is 12.1 Å². The Balaban J connectivity index is 1.95. The maximum atomic E-state index is 13.2. The van der Waals surface area contributed by atoms with Gasteiger partial charge in [-0.05, 0) is 73.9 Å². The number of aryl methyl sites for hydroxylation is 2. The van der Waals surface area contributed by atoms with Crippen LogP contribution in [0.15, 0.2) is 47.3 Å². The first-order valence-electron chi connectivity index (χ1n) is 9.27. The normalized spacial score (nSPS) is 10.9. The van der Waals surface area contributed by atoms with E-state index in [0.717, 1.165) is 27.6 Å². The number of nitrogens with zero attached hydrogens (tertiary/aromatic N) is 1. The topological polar surface area (TPSA) is 48.1 Å². The van der Waals surface area contributed by atoms with Crippen molar-refractivity contribution in [2.45, 2.75) is 33.9 Å². The van der Waals surface area contributed by atoms with Crippen LogP contribution < -0.4 is 10.9 Å². The van der Waals surface area contributed by atoms with Gasteiger partial charge in [-0.2, -0.15) is 0 Å². The van der Waals surface area contributed by atoms with Gasteiger partial charge >= 0.3 is 0 Å². The summed E-state index contributed by atoms with van der Waals surface area (Å²) in [6, 6.07) is 12.3. The lowest BCUT2D eigenvalue weighted by Gasteiger charge is -2.26. The maximum absolute atomic E-state index is 13.2. The van der Waals surface area contributed by atoms with Crippen molar-refractivity contribution < 1.29 is 4.39 Å². The zero-order chi connectivity index (χ0) is 20.3. The van der Waals surface area contributed by atoms with Crippen LogP contribution in [0, 0.1) is 19.7 Å². The number of hydrogen-bond acceptors (Lipinski definition) is 2. The van der Waals surface area contributed by atoms with Gasteiger partial charge in [-0.1, -0.05) is 18.2 Å². The van der Waals surface area contributed by atoms with Crippen LogP contribution in [0.4, 0.5) is 4.39 Å². The number of rotatable bonds is 5. The lowest BCUT2D eigenvalue weighted by atomic mass is 10.0. The summed E-state index contributed by atoms with van der Waals surface area (Å²) >= 11 is 5.51. The van der Waals surface area contributed by atoms with Crippen LogP contribution in [0.25, 0.3) is 10.9 Å². The van der Waals surface area contributed by atoms with E-state index in [4.69, 9.17) is 12.2 Å². The van der Waals surface area contributed by atoms with E-state index < -0.39 is 0 Å². The van der Waals surface area contributed by atoms with Crippen molar-refractivity contribution >= 4 is 28.2 Å². The highest BCUT2D eigenvalue weighted by molar-refractivity contribution is 7.80. The Morgan fingerprint density at radius 3 is 2.54 bits per heavy atom. The molecule has 0 atom stereocenters. The molecule has 146 valence electrons. The van der Waals surface area contributed by atoms with Crippen LogP contribution in [-0.2, 0) is 13.1 Å². The number of hydrogen-bond donors (Lipinski definition) is 2. The van der Waals surface area contributed by atoms with Gasteiger partial charge in [0.2, 0.25) is 0 Å². The fourth-order valence-corrected chi connectivity index (χ4v) is 3.59. The number of aromatic amines is 1. The number of H-pyrrole nitrogens is 1. The molecule has 1 aromatic heterocycles. The van der Waals surface area contributed by atoms with Gasteiger partial charge in [-0.25, -0.2) is 4.39 Å². The third-order valence-electron chi connectivity index (χ3n) is 4.65. The number of pyridine rings is 1. The Morgan fingerprint density at radius 1 is 1.14 bits per heavy atom. The van der Waals surface area contributed by atoms with Gasteiger partial charge in [0.25, 0.3) is 5.56 Å². The third-order valence-corrected chi connectivity index (χ3v) is 5.06. The van der Waals surface area contributed by atoms with E-state index in [1.807, 2.05) is 37.8 Å². The minimum atomic E-state index is -0.277. The van der Waals surface area contributed by atoms with E-state index >= 15 is 0 Å². The smallest absolute Gasteiger partial charge is 0.253 e. The van der Waals surface area contributed by atoms with Gasteiger partial charge in [-0.15, -0.1) is 0 Å². The highest BCUT2D eigenvalue weighted by atomic mass is 32.1. The largest absolute Gasteiger partial charge is 0.363 e. The summed E-state index contributed by atoms with van der Waals surface area (Å²) in [6.45, 7) is 7.55. The monoisotopic (exact) mass is 397 g/mol. The Kier molecular flexibility index (Phi) is 6.09. The zero-order valence-electron chi connectivity index (χ0n) is 16.3. The van der Waals surface area contributed by atoms with Crippen LogP contribution >= 0.6 is 12.2 Å². The molecular formula is C22H24FN3OS. The number of benzene rings is 2. The standard InChI is InChI=1S/C22H24FN3OS/c1-4-24-22(28)26(12-16-5-7-18(23)8-6-16)13-17-11-19-15(3)9-14(2)10-20(19)25-21(17)27/h5-11H,4,12-13H2,1-3H3,(H,24,28)(H,25,27). The Labute approximate surface area is 169 Å². The summed E-state index contributed by atoms with van der Waals surface area (Å²) in [7, 11) is 0. The lowest BCUT2D eigenvalue weighted by Crippen LogP contribution is -2.39. The van der Waals surface area contributed by atoms with Gasteiger partial charge in [0.05, 0.1) is 6.54 Å². The second-order valence-corrected chi connectivity index (χ2v) is 7.37. The summed E-state index contributed by atoms with van der Waals surface area (Å²) in [6.07, 6.45) is 0. The molecule has 0 unspecified atom stereocenters. The summed E-state index contributed by atoms with van der Waals surface area (Å²) in [5.74, 6) is -0.277. The summed E-state index contributed by atoms with van der Waals surface area (Å²) < 4.78 is 13.2. The van der Waals surface area contributed by atoms with E-state index in [2.05, 4.69) is 16.4 Å². The van der Waals surface area contributed by atoms with E-state index in [1.165, 1.54) is 12.1 Å². The van der Waals surface area contributed by atoms with Crippen molar-refractivity contribution in [1.82, 2.24) is 15.2 Å². The van der Waals surface area contributed by atoms with E-state index in [0.29, 0.717) is 30.3 Å². The summed E-state index contributed by atoms with van der Waals surface area (Å²) in [5.41, 5.74) is 4.51. The molecule has 0 aliphatic carbocycles. The second kappa shape index (κ2) is 8.52. The SMILES string of the molecule is CCNC(=S)N(Cc1ccc(F)cc1)Cc1cc2c(C)cc(C)cc2[nH]c1=O. The van der Waals surface area contributed by atoms with Gasteiger partial charge in [0.15, 0.2) is 5.11 Å². The molecule has 3 aromatic rings. The lowest BCUT2D eigenvalue weighted by molar-refractivity contribution is 0.398. The van der Waals surface area contributed by atoms with Crippen molar-refractivity contribution in [3.63, 3.8) is 0 Å². The van der Waals surface area contributed by atoms with Crippen LogP contribution in [0.1, 0.15) is 29.2 Å². The predicted molar refractivity (Wildman–Crippen MR) is 116 cm³/mol. The van der Waals surface area contributed by atoms with Crippen molar-refractivity contribution in [2.75, 3.05) is 6.54 Å². The average Bonchev–Trinajstić information content (AvgIpc) is 2.64. The minimum Gasteiger partial charge on any atom is -0.363 e. The molecule has 0 saturated heterocycles. The first kappa shape index (κ1) is 20.0. The molecule has 0 spiro atoms. The van der Waals surface area contributed by atoms with Gasteiger partial charge in [-0.3, -0.25) is 4.79 Å². The molecule has 6 heteroatoms. The predicted octanol–water partition coefficient (Wildman–Crippen LogP) is 4.18. The van der Waals surface area contributed by atoms with Gasteiger partial charge in [0, 0.05) is 29.6 Å². The Hall–Kier alpha value is -2.73. The Morgan fingerprint density at radius 2 is 1.86 bits per heavy atom. The molecule has 0 saturated carbocycles. The van der Waals surface area contributed by atoms with Crippen LogP contribution in [0.2, 0.25) is 0 Å². The molecule has 0 aliphatic heterocycles. The average molecular weight is 398 g/mol. The molecular weight excluding hydrogens is 373 g/mol. The number of fused-ring (bicyclic) bond motifs is 1. The highest BCUT2D eigenvalue weighted by Crippen LogP contribution is 2.19. The zero-order valence-corrected chi connectivity index (χ0v) is 17.1. The van der Waals surface area contributed by atoms with Crippen LogP contribution in [-0.4, -0.2) is 21.5 Å². The van der Waals surface area contributed by atoms with E-state index in [9.17, 15) is 9.18 Å². The molecule has 2 aromatic carbocycles. The van der Waals surface area contributed by atoms with Gasteiger partial charge in [0.1, 0.15) is 5.82 Å². The summed E-state index contributed by atoms with van der Waals surface area (Å²) in [5, 5.41) is 4.73. The molecule has 4 nitrogen and oxygen atoms in total. The quantitative estimate of drug-likeness (QED) is 0.634. The molecule has 2 N–H and O–H groups in total.